The molecule has 0 saturated heterocycles. The molecule has 6 heteroatoms. The highest BCUT2D eigenvalue weighted by Gasteiger charge is 2.03. The summed E-state index contributed by atoms with van der Waals surface area (Å²) in [7, 11) is 0. The van der Waals surface area contributed by atoms with Crippen LogP contribution < -0.4 is 16.0 Å². The molecule has 1 amide bonds. The molecule has 1 rings (SSSR count). The lowest BCUT2D eigenvalue weighted by Crippen LogP contribution is -2.29. The van der Waals surface area contributed by atoms with Gasteiger partial charge in [-0.1, -0.05) is 11.6 Å². The van der Waals surface area contributed by atoms with Crippen molar-refractivity contribution >= 4 is 23.8 Å². The molecule has 0 aliphatic carbocycles. The average molecular weight is 285 g/mol. The number of ether oxygens (including phenoxy) is 1. The number of nitrogens with one attached hydrogen (secondary N) is 1. The number of hydrogen-bond acceptors (Lipinski definition) is 4. The zero-order valence-corrected chi connectivity index (χ0v) is 11.3. The lowest BCUT2D eigenvalue weighted by molar-refractivity contribution is -0.121. The third kappa shape index (κ3) is 5.72. The second-order valence-electron chi connectivity index (χ2n) is 4.03. The van der Waals surface area contributed by atoms with Crippen LogP contribution in [0.4, 0.5) is 0 Å². The van der Waals surface area contributed by atoms with Crippen LogP contribution in [0.1, 0.15) is 36.0 Å². The van der Waals surface area contributed by atoms with Gasteiger partial charge in [-0.3, -0.25) is 15.0 Å². The van der Waals surface area contributed by atoms with E-state index in [0.29, 0.717) is 29.4 Å². The molecule has 5 nitrogen and oxygen atoms in total. The van der Waals surface area contributed by atoms with Gasteiger partial charge >= 0.3 is 0 Å². The molecule has 3 N–H and O–H groups in total. The number of amides is 1. The molecule has 0 saturated carbocycles. The Bertz CT molecular complexity index is 438. The summed E-state index contributed by atoms with van der Waals surface area (Å²) in [5, 5.41) is 0.423. The fourth-order valence-corrected chi connectivity index (χ4v) is 1.77. The van der Waals surface area contributed by atoms with E-state index in [4.69, 9.17) is 22.2 Å². The molecule has 0 atom stereocenters. The number of carbonyl (C=O) groups excluding carboxylic acids is 2. The molecule has 0 spiro atoms. The van der Waals surface area contributed by atoms with E-state index in [-0.39, 0.29) is 5.91 Å². The zero-order chi connectivity index (χ0) is 14.1. The van der Waals surface area contributed by atoms with Crippen LogP contribution in [0.2, 0.25) is 5.02 Å². The van der Waals surface area contributed by atoms with Crippen LogP contribution in [0.25, 0.3) is 0 Å². The summed E-state index contributed by atoms with van der Waals surface area (Å²) in [6.45, 7) is 0.518. The Balaban J connectivity index is 2.22. The lowest BCUT2D eigenvalue weighted by Gasteiger charge is -2.08. The Hall–Kier alpha value is -1.59. The standard InChI is InChI=1S/C13H17ClN2O3/c14-11-8-10(9-17)5-6-12(11)19-7-3-1-2-4-13(18)16-15/h5-6,8-9H,1-4,7,15H2,(H,16,18). The number of aldehydes is 1. The Morgan fingerprint density at radius 3 is 2.79 bits per heavy atom. The summed E-state index contributed by atoms with van der Waals surface area (Å²) in [5.41, 5.74) is 2.60. The topological polar surface area (TPSA) is 81.4 Å². The smallest absolute Gasteiger partial charge is 0.233 e. The molecule has 1 aromatic carbocycles. The molecule has 19 heavy (non-hydrogen) atoms. The minimum absolute atomic E-state index is 0.159. The van der Waals surface area contributed by atoms with E-state index in [0.717, 1.165) is 25.5 Å². The number of hydrazine groups is 1. The third-order valence-electron chi connectivity index (χ3n) is 2.56. The first-order chi connectivity index (χ1) is 9.17. The van der Waals surface area contributed by atoms with Crippen molar-refractivity contribution in [2.24, 2.45) is 5.84 Å². The summed E-state index contributed by atoms with van der Waals surface area (Å²) in [5.74, 6) is 5.37. The highest BCUT2D eigenvalue weighted by atomic mass is 35.5. The number of hydrogen-bond donors (Lipinski definition) is 2. The van der Waals surface area contributed by atoms with Gasteiger partial charge in [-0.25, -0.2) is 5.84 Å². The highest BCUT2D eigenvalue weighted by molar-refractivity contribution is 6.32. The number of carbonyl (C=O) groups is 2. The molecule has 0 bridgehead atoms. The predicted molar refractivity (Wildman–Crippen MR) is 73.1 cm³/mol. The van der Waals surface area contributed by atoms with Gasteiger partial charge in [0.15, 0.2) is 0 Å². The monoisotopic (exact) mass is 284 g/mol. The van der Waals surface area contributed by atoms with Crippen LogP contribution in [0.3, 0.4) is 0 Å². The van der Waals surface area contributed by atoms with E-state index < -0.39 is 0 Å². The second kappa shape index (κ2) is 8.50. The van der Waals surface area contributed by atoms with Crippen molar-refractivity contribution in [2.45, 2.75) is 25.7 Å². The number of benzene rings is 1. The molecule has 0 aliphatic heterocycles. The Morgan fingerprint density at radius 2 is 2.16 bits per heavy atom. The zero-order valence-electron chi connectivity index (χ0n) is 10.5. The maximum Gasteiger partial charge on any atom is 0.233 e. The van der Waals surface area contributed by atoms with E-state index in [1.807, 2.05) is 0 Å². The van der Waals surface area contributed by atoms with Gasteiger partial charge in [-0.15, -0.1) is 0 Å². The molecular formula is C13H17ClN2O3. The quantitative estimate of drug-likeness (QED) is 0.252. The van der Waals surface area contributed by atoms with Crippen molar-refractivity contribution in [3.63, 3.8) is 0 Å². The summed E-state index contributed by atoms with van der Waals surface area (Å²) < 4.78 is 5.50. The second-order valence-corrected chi connectivity index (χ2v) is 4.44. The molecule has 0 radical (unpaired) electrons. The average Bonchev–Trinajstić information content (AvgIpc) is 2.43. The van der Waals surface area contributed by atoms with Crippen LogP contribution in [0.15, 0.2) is 18.2 Å². The van der Waals surface area contributed by atoms with Gasteiger partial charge in [-0.2, -0.15) is 0 Å². The summed E-state index contributed by atoms with van der Waals surface area (Å²) in [6, 6.07) is 4.89. The van der Waals surface area contributed by atoms with Crippen molar-refractivity contribution in [3.8, 4) is 5.75 Å². The van der Waals surface area contributed by atoms with Gasteiger partial charge in [0, 0.05) is 12.0 Å². The number of rotatable bonds is 8. The third-order valence-corrected chi connectivity index (χ3v) is 2.85. The Morgan fingerprint density at radius 1 is 1.37 bits per heavy atom. The highest BCUT2D eigenvalue weighted by Crippen LogP contribution is 2.25. The normalized spacial score (nSPS) is 10.0. The summed E-state index contributed by atoms with van der Waals surface area (Å²) in [6.07, 6.45) is 3.62. The van der Waals surface area contributed by atoms with Crippen LogP contribution >= 0.6 is 11.6 Å². The molecule has 0 unspecified atom stereocenters. The van der Waals surface area contributed by atoms with Crippen LogP contribution in [0.5, 0.6) is 5.75 Å². The van der Waals surface area contributed by atoms with Crippen molar-refractivity contribution in [3.05, 3.63) is 28.8 Å². The van der Waals surface area contributed by atoms with Crippen LogP contribution in [-0.4, -0.2) is 18.8 Å². The molecule has 0 heterocycles. The van der Waals surface area contributed by atoms with Gasteiger partial charge in [-0.05, 0) is 37.5 Å². The van der Waals surface area contributed by atoms with E-state index in [1.54, 1.807) is 18.2 Å². The van der Waals surface area contributed by atoms with Gasteiger partial charge in [0.1, 0.15) is 12.0 Å². The Kier molecular flexibility index (Phi) is 6.92. The minimum Gasteiger partial charge on any atom is -0.492 e. The minimum atomic E-state index is -0.159. The van der Waals surface area contributed by atoms with Gasteiger partial charge in [0.25, 0.3) is 0 Å². The molecule has 0 aromatic heterocycles. The van der Waals surface area contributed by atoms with E-state index >= 15 is 0 Å². The van der Waals surface area contributed by atoms with Gasteiger partial charge in [0.2, 0.25) is 5.91 Å². The van der Waals surface area contributed by atoms with Crippen LogP contribution in [0, 0.1) is 0 Å². The van der Waals surface area contributed by atoms with E-state index in [2.05, 4.69) is 5.43 Å². The molecular weight excluding hydrogens is 268 g/mol. The molecule has 1 aromatic rings. The maximum absolute atomic E-state index is 10.9. The summed E-state index contributed by atoms with van der Waals surface area (Å²) >= 11 is 5.96. The maximum atomic E-state index is 10.9. The van der Waals surface area contributed by atoms with Crippen molar-refractivity contribution in [2.75, 3.05) is 6.61 Å². The van der Waals surface area contributed by atoms with E-state index in [9.17, 15) is 9.59 Å². The van der Waals surface area contributed by atoms with Crippen molar-refractivity contribution in [1.82, 2.24) is 5.43 Å². The number of nitrogens with two attached hydrogens (primary N) is 1. The van der Waals surface area contributed by atoms with E-state index in [1.165, 1.54) is 0 Å². The van der Waals surface area contributed by atoms with Crippen LogP contribution in [-0.2, 0) is 4.79 Å². The van der Waals surface area contributed by atoms with Gasteiger partial charge in [0.05, 0.1) is 11.6 Å². The van der Waals surface area contributed by atoms with Gasteiger partial charge < -0.3 is 4.74 Å². The number of unbranched alkanes of at least 4 members (excludes halogenated alkanes) is 2. The Labute approximate surface area is 117 Å². The first kappa shape index (κ1) is 15.5. The predicted octanol–water partition coefficient (Wildman–Crippen LogP) is 2.08. The fraction of sp³-hybridized carbons (Fsp3) is 0.385. The number of halogens is 1. The van der Waals surface area contributed by atoms with Crippen molar-refractivity contribution in [1.29, 1.82) is 0 Å². The fourth-order valence-electron chi connectivity index (χ4n) is 1.53. The SMILES string of the molecule is NNC(=O)CCCCCOc1ccc(C=O)cc1Cl. The molecule has 0 fully saturated rings. The lowest BCUT2D eigenvalue weighted by atomic mass is 10.2. The first-order valence-electron chi connectivity index (χ1n) is 6.04. The molecule has 104 valence electrons. The largest absolute Gasteiger partial charge is 0.492 e. The molecule has 0 aliphatic rings. The summed E-state index contributed by atoms with van der Waals surface area (Å²) in [4.78, 5) is 21.4. The van der Waals surface area contributed by atoms with Crippen molar-refractivity contribution < 1.29 is 14.3 Å². The first-order valence-corrected chi connectivity index (χ1v) is 6.42.